The third-order valence-electron chi connectivity index (χ3n) is 4.28. The number of allylic oxidation sites excluding steroid dienone is 5. The van der Waals surface area contributed by atoms with Gasteiger partial charge in [-0.15, -0.1) is 0 Å². The van der Waals surface area contributed by atoms with Crippen molar-refractivity contribution in [3.05, 3.63) is 85.1 Å². The van der Waals surface area contributed by atoms with Crippen LogP contribution < -0.4 is 5.32 Å². The maximum atomic E-state index is 11.7. The number of hydrogen-bond donors (Lipinski definition) is 1. The van der Waals surface area contributed by atoms with Crippen LogP contribution in [0.15, 0.2) is 79.4 Å². The normalized spacial score (nSPS) is 11.7. The molecule has 3 rings (SSSR count). The fourth-order valence-electron chi connectivity index (χ4n) is 2.82. The summed E-state index contributed by atoms with van der Waals surface area (Å²) in [5.41, 5.74) is 5.63. The Hall–Kier alpha value is -3.53. The molecule has 0 saturated carbocycles. The molecule has 1 aromatic heterocycles. The number of fused-ring (bicyclic) bond motifs is 1. The van der Waals surface area contributed by atoms with E-state index in [2.05, 4.69) is 11.9 Å². The summed E-state index contributed by atoms with van der Waals surface area (Å²) >= 11 is 0. The van der Waals surface area contributed by atoms with Crippen LogP contribution in [0.2, 0.25) is 0 Å². The van der Waals surface area contributed by atoms with E-state index >= 15 is 0 Å². The van der Waals surface area contributed by atoms with Gasteiger partial charge < -0.3 is 5.32 Å². The summed E-state index contributed by atoms with van der Waals surface area (Å²) < 4.78 is 0. The summed E-state index contributed by atoms with van der Waals surface area (Å²) in [7, 11) is 0. The maximum Gasteiger partial charge on any atom is 0.224 e. The van der Waals surface area contributed by atoms with E-state index in [-0.39, 0.29) is 5.91 Å². The van der Waals surface area contributed by atoms with Crippen LogP contribution >= 0.6 is 0 Å². The van der Waals surface area contributed by atoms with E-state index in [4.69, 9.17) is 9.97 Å². The summed E-state index contributed by atoms with van der Waals surface area (Å²) in [6, 6.07) is 15.5. The lowest BCUT2D eigenvalue weighted by atomic mass is 10.0. The van der Waals surface area contributed by atoms with E-state index in [0.29, 0.717) is 12.1 Å². The number of amides is 1. The first-order chi connectivity index (χ1) is 13.7. The monoisotopic (exact) mass is 369 g/mol. The smallest absolute Gasteiger partial charge is 0.224 e. The number of aromatic nitrogens is 2. The van der Waals surface area contributed by atoms with Gasteiger partial charge in [-0.25, -0.2) is 9.97 Å². The highest BCUT2D eigenvalue weighted by Gasteiger charge is 2.14. The van der Waals surface area contributed by atoms with Crippen LogP contribution in [0.4, 0.5) is 5.69 Å². The van der Waals surface area contributed by atoms with Crippen molar-refractivity contribution in [1.29, 1.82) is 0 Å². The molecule has 0 radical (unpaired) electrons. The molecule has 4 heteroatoms. The Kier molecular flexibility index (Phi) is 6.12. The molecule has 3 aromatic rings. The van der Waals surface area contributed by atoms with E-state index in [1.165, 1.54) is 0 Å². The molecule has 0 fully saturated rings. The Morgan fingerprint density at radius 3 is 2.57 bits per heavy atom. The van der Waals surface area contributed by atoms with Gasteiger partial charge in [0.1, 0.15) is 0 Å². The van der Waals surface area contributed by atoms with Crippen molar-refractivity contribution in [3.63, 3.8) is 0 Å². The lowest BCUT2D eigenvalue weighted by Gasteiger charge is -2.12. The van der Waals surface area contributed by atoms with Gasteiger partial charge in [0.15, 0.2) is 0 Å². The number of nitrogens with zero attached hydrogens (tertiary/aromatic N) is 2. The van der Waals surface area contributed by atoms with Crippen molar-refractivity contribution in [2.75, 3.05) is 5.32 Å². The number of nitrogens with one attached hydrogen (secondary N) is 1. The zero-order valence-electron chi connectivity index (χ0n) is 16.1. The molecule has 1 N–H and O–H groups in total. The van der Waals surface area contributed by atoms with Crippen LogP contribution in [0.25, 0.3) is 27.9 Å². The molecular formula is C24H23N3O. The lowest BCUT2D eigenvalue weighted by molar-refractivity contribution is -0.115. The van der Waals surface area contributed by atoms with Gasteiger partial charge in [0.2, 0.25) is 5.91 Å². The van der Waals surface area contributed by atoms with Gasteiger partial charge >= 0.3 is 0 Å². The Bertz CT molecular complexity index is 1070. The van der Waals surface area contributed by atoms with Crippen LogP contribution in [0.3, 0.4) is 0 Å². The minimum atomic E-state index is -0.0320. The number of rotatable bonds is 6. The molecule has 0 atom stereocenters. The average molecular weight is 369 g/mol. The molecular weight excluding hydrogens is 346 g/mol. The highest BCUT2D eigenvalue weighted by Crippen LogP contribution is 2.29. The van der Waals surface area contributed by atoms with Crippen LogP contribution in [0.1, 0.15) is 26.0 Å². The summed E-state index contributed by atoms with van der Waals surface area (Å²) in [6.45, 7) is 7.73. The van der Waals surface area contributed by atoms with E-state index in [1.807, 2.05) is 80.6 Å². The van der Waals surface area contributed by atoms with Crippen LogP contribution in [-0.2, 0) is 4.79 Å². The predicted octanol–water partition coefficient (Wildman–Crippen LogP) is 5.79. The molecule has 28 heavy (non-hydrogen) atoms. The summed E-state index contributed by atoms with van der Waals surface area (Å²) in [5, 5.41) is 2.88. The van der Waals surface area contributed by atoms with Gasteiger partial charge in [-0.2, -0.15) is 0 Å². The van der Waals surface area contributed by atoms with Crippen molar-refractivity contribution < 1.29 is 4.79 Å². The first kappa shape index (κ1) is 19.2. The largest absolute Gasteiger partial charge is 0.326 e. The number of benzene rings is 2. The number of carbonyl (C=O) groups is 1. The summed E-state index contributed by atoms with van der Waals surface area (Å²) in [5.74, 6) is -0.0320. The second-order valence-corrected chi connectivity index (χ2v) is 6.24. The first-order valence-electron chi connectivity index (χ1n) is 9.29. The van der Waals surface area contributed by atoms with Gasteiger partial charge in [0.05, 0.1) is 22.4 Å². The molecule has 0 aliphatic heterocycles. The number of carbonyl (C=O) groups excluding carboxylic acids is 1. The van der Waals surface area contributed by atoms with E-state index in [0.717, 1.165) is 33.6 Å². The molecule has 4 nitrogen and oxygen atoms in total. The van der Waals surface area contributed by atoms with Crippen molar-refractivity contribution >= 4 is 28.2 Å². The van der Waals surface area contributed by atoms with Crippen molar-refractivity contribution in [1.82, 2.24) is 9.97 Å². The van der Waals surface area contributed by atoms with Crippen molar-refractivity contribution in [2.45, 2.75) is 20.3 Å². The van der Waals surface area contributed by atoms with Gasteiger partial charge in [-0.1, -0.05) is 68.1 Å². The highest BCUT2D eigenvalue weighted by atomic mass is 16.1. The molecule has 140 valence electrons. The molecule has 0 aliphatic carbocycles. The van der Waals surface area contributed by atoms with Crippen LogP contribution in [-0.4, -0.2) is 15.9 Å². The molecule has 2 aromatic carbocycles. The highest BCUT2D eigenvalue weighted by molar-refractivity contribution is 5.94. The van der Waals surface area contributed by atoms with Crippen molar-refractivity contribution in [3.8, 4) is 11.3 Å². The topological polar surface area (TPSA) is 54.9 Å². The zero-order valence-corrected chi connectivity index (χ0v) is 16.1. The molecule has 0 unspecified atom stereocenters. The zero-order chi connectivity index (χ0) is 19.9. The predicted molar refractivity (Wildman–Crippen MR) is 117 cm³/mol. The van der Waals surface area contributed by atoms with Crippen LogP contribution in [0, 0.1) is 0 Å². The number of anilines is 1. The molecule has 1 amide bonds. The minimum absolute atomic E-state index is 0.0320. The second kappa shape index (κ2) is 8.91. The molecule has 1 heterocycles. The maximum absolute atomic E-state index is 11.7. The standard InChI is InChI=1S/C24H23N3O/c1-4-7-11-17(5-2)23-24(18-12-9-8-10-13-18)27-21-16-19(25-22(28)6-3)14-15-20(21)26-23/h4-5,7-16H,2,6H2,1,3H3,(H,25,28)/b7-4-,17-11+. The summed E-state index contributed by atoms with van der Waals surface area (Å²) in [6.07, 6.45) is 8.11. The van der Waals surface area contributed by atoms with E-state index < -0.39 is 0 Å². The number of hydrogen-bond acceptors (Lipinski definition) is 3. The van der Waals surface area contributed by atoms with E-state index in [1.54, 1.807) is 6.08 Å². The van der Waals surface area contributed by atoms with E-state index in [9.17, 15) is 4.79 Å². The first-order valence-corrected chi connectivity index (χ1v) is 9.29. The SMILES string of the molecule is C=C/C(=C\C=C/C)c1nc2ccc(NC(=O)CC)cc2nc1-c1ccccc1. The van der Waals surface area contributed by atoms with Gasteiger partial charge in [-0.05, 0) is 25.1 Å². The van der Waals surface area contributed by atoms with Crippen LogP contribution in [0.5, 0.6) is 0 Å². The Morgan fingerprint density at radius 1 is 1.11 bits per heavy atom. The Morgan fingerprint density at radius 2 is 1.89 bits per heavy atom. The van der Waals surface area contributed by atoms with Gasteiger partial charge in [0, 0.05) is 23.2 Å². The molecule has 0 saturated heterocycles. The fraction of sp³-hybridized carbons (Fsp3) is 0.125. The average Bonchev–Trinajstić information content (AvgIpc) is 2.74. The Balaban J connectivity index is 2.22. The molecule has 0 bridgehead atoms. The van der Waals surface area contributed by atoms with Crippen molar-refractivity contribution in [2.24, 2.45) is 0 Å². The third kappa shape index (κ3) is 4.23. The van der Waals surface area contributed by atoms with Gasteiger partial charge in [-0.3, -0.25) is 4.79 Å². The lowest BCUT2D eigenvalue weighted by Crippen LogP contribution is -2.09. The molecule has 0 aliphatic rings. The van der Waals surface area contributed by atoms with Gasteiger partial charge in [0.25, 0.3) is 0 Å². The molecule has 0 spiro atoms. The summed E-state index contributed by atoms with van der Waals surface area (Å²) in [4.78, 5) is 21.5. The quantitative estimate of drug-likeness (QED) is 0.559. The third-order valence-corrected chi connectivity index (χ3v) is 4.28. The second-order valence-electron chi connectivity index (χ2n) is 6.24. The minimum Gasteiger partial charge on any atom is -0.326 e. The Labute approximate surface area is 165 Å². The fourth-order valence-corrected chi connectivity index (χ4v) is 2.82.